The van der Waals surface area contributed by atoms with Crippen LogP contribution in [-0.4, -0.2) is 19.8 Å². The molecule has 2 N–H and O–H groups in total. The Morgan fingerprint density at radius 3 is 2.64 bits per heavy atom. The summed E-state index contributed by atoms with van der Waals surface area (Å²) in [6.07, 6.45) is 2.86. The summed E-state index contributed by atoms with van der Waals surface area (Å²) < 4.78 is 25.2. The molecule has 2 rings (SSSR count). The van der Waals surface area contributed by atoms with Crippen molar-refractivity contribution >= 4 is 0 Å². The lowest BCUT2D eigenvalue weighted by molar-refractivity contribution is 0.309. The van der Waals surface area contributed by atoms with Gasteiger partial charge in [0.15, 0.2) is 0 Å². The smallest absolute Gasteiger partial charge is 0.123 e. The van der Waals surface area contributed by atoms with Crippen LogP contribution in [-0.2, 0) is 6.42 Å². The molecule has 2 aromatic rings. The van der Waals surface area contributed by atoms with Gasteiger partial charge in [0.2, 0.25) is 0 Å². The molecule has 0 amide bonds. The predicted octanol–water partition coefficient (Wildman–Crippen LogP) is 4.69. The first-order valence-electron chi connectivity index (χ1n) is 9.02. The fraction of sp³-hybridized carbons (Fsp3) is 0.429. The minimum Gasteiger partial charge on any atom is -0.494 e. The van der Waals surface area contributed by atoms with E-state index in [1.165, 1.54) is 12.1 Å². The summed E-state index contributed by atoms with van der Waals surface area (Å²) in [4.78, 5) is 0. The van der Waals surface area contributed by atoms with E-state index in [1.54, 1.807) is 6.07 Å². The van der Waals surface area contributed by atoms with Gasteiger partial charge in [-0.2, -0.15) is 0 Å². The molecule has 1 unspecified atom stereocenters. The molecule has 2 aromatic carbocycles. The minimum absolute atomic E-state index is 0.0110. The quantitative estimate of drug-likeness (QED) is 0.636. The van der Waals surface area contributed by atoms with Gasteiger partial charge in [-0.15, -0.1) is 0 Å². The van der Waals surface area contributed by atoms with E-state index in [4.69, 9.17) is 15.2 Å². The van der Waals surface area contributed by atoms with Gasteiger partial charge in [0.25, 0.3) is 0 Å². The standard InChI is InChI=1S/C21H28FNO2/c1-3-5-11-25-19-8-6-7-16(13-19)12-17(15-23)20-14-18(22)9-10-21(20)24-4-2/h6-10,13-14,17H,3-5,11-12,15,23H2,1-2H3. The van der Waals surface area contributed by atoms with E-state index >= 15 is 0 Å². The third kappa shape index (κ3) is 5.75. The molecule has 4 heteroatoms. The fourth-order valence-corrected chi connectivity index (χ4v) is 2.83. The topological polar surface area (TPSA) is 44.5 Å². The van der Waals surface area contributed by atoms with Crippen molar-refractivity contribution in [3.63, 3.8) is 0 Å². The Hall–Kier alpha value is -2.07. The summed E-state index contributed by atoms with van der Waals surface area (Å²) in [6.45, 7) is 5.74. The van der Waals surface area contributed by atoms with Gasteiger partial charge in [-0.1, -0.05) is 25.5 Å². The number of halogens is 1. The Balaban J connectivity index is 2.17. The largest absolute Gasteiger partial charge is 0.494 e. The molecule has 0 aromatic heterocycles. The predicted molar refractivity (Wildman–Crippen MR) is 99.9 cm³/mol. The van der Waals surface area contributed by atoms with Crippen molar-refractivity contribution in [3.8, 4) is 11.5 Å². The van der Waals surface area contributed by atoms with Crippen molar-refractivity contribution < 1.29 is 13.9 Å². The van der Waals surface area contributed by atoms with Crippen molar-refractivity contribution in [2.45, 2.75) is 39.0 Å². The maximum Gasteiger partial charge on any atom is 0.123 e. The summed E-state index contributed by atoms with van der Waals surface area (Å²) in [7, 11) is 0. The van der Waals surface area contributed by atoms with Crippen LogP contribution in [0.15, 0.2) is 42.5 Å². The molecule has 0 radical (unpaired) electrons. The molecule has 0 aliphatic rings. The van der Waals surface area contributed by atoms with E-state index in [1.807, 2.05) is 25.1 Å². The van der Waals surface area contributed by atoms with E-state index in [0.29, 0.717) is 25.3 Å². The molecule has 0 aliphatic heterocycles. The summed E-state index contributed by atoms with van der Waals surface area (Å²) in [6, 6.07) is 12.7. The fourth-order valence-electron chi connectivity index (χ4n) is 2.83. The Morgan fingerprint density at radius 2 is 1.92 bits per heavy atom. The van der Waals surface area contributed by atoms with Crippen molar-refractivity contribution in [2.24, 2.45) is 5.73 Å². The first-order valence-corrected chi connectivity index (χ1v) is 9.02. The van der Waals surface area contributed by atoms with Crippen LogP contribution in [0.2, 0.25) is 0 Å². The lowest BCUT2D eigenvalue weighted by Crippen LogP contribution is -2.16. The van der Waals surface area contributed by atoms with E-state index in [2.05, 4.69) is 13.0 Å². The molecule has 0 spiro atoms. The van der Waals surface area contributed by atoms with Crippen LogP contribution >= 0.6 is 0 Å². The third-order valence-corrected chi connectivity index (χ3v) is 4.14. The average molecular weight is 345 g/mol. The summed E-state index contributed by atoms with van der Waals surface area (Å²) in [5.41, 5.74) is 7.94. The van der Waals surface area contributed by atoms with Gasteiger partial charge < -0.3 is 15.2 Å². The Labute approximate surface area is 150 Å². The molecule has 0 aliphatic carbocycles. The molecule has 0 saturated heterocycles. The molecule has 1 atom stereocenters. The molecule has 25 heavy (non-hydrogen) atoms. The maximum absolute atomic E-state index is 13.7. The SMILES string of the molecule is CCCCOc1cccc(CC(CN)c2cc(F)ccc2OCC)c1. The summed E-state index contributed by atoms with van der Waals surface area (Å²) in [5.74, 6) is 1.29. The zero-order valence-electron chi connectivity index (χ0n) is 15.1. The van der Waals surface area contributed by atoms with Crippen LogP contribution in [0.1, 0.15) is 43.7 Å². The zero-order chi connectivity index (χ0) is 18.1. The van der Waals surface area contributed by atoms with Crippen LogP contribution in [0.25, 0.3) is 0 Å². The highest BCUT2D eigenvalue weighted by Crippen LogP contribution is 2.30. The Morgan fingerprint density at radius 1 is 1.08 bits per heavy atom. The van der Waals surface area contributed by atoms with Gasteiger partial charge in [0.05, 0.1) is 13.2 Å². The molecule has 0 saturated carbocycles. The zero-order valence-corrected chi connectivity index (χ0v) is 15.1. The lowest BCUT2D eigenvalue weighted by atomic mass is 9.91. The first-order chi connectivity index (χ1) is 12.2. The highest BCUT2D eigenvalue weighted by atomic mass is 19.1. The van der Waals surface area contributed by atoms with Gasteiger partial charge in [-0.25, -0.2) is 4.39 Å². The number of rotatable bonds is 10. The third-order valence-electron chi connectivity index (χ3n) is 4.14. The average Bonchev–Trinajstić information content (AvgIpc) is 2.62. The van der Waals surface area contributed by atoms with E-state index in [-0.39, 0.29) is 11.7 Å². The highest BCUT2D eigenvalue weighted by molar-refractivity contribution is 5.39. The molecule has 136 valence electrons. The molecule has 0 bridgehead atoms. The van der Waals surface area contributed by atoms with Crippen molar-refractivity contribution in [1.82, 2.24) is 0 Å². The number of unbranched alkanes of at least 4 members (excludes halogenated alkanes) is 1. The van der Waals surface area contributed by atoms with E-state index < -0.39 is 0 Å². The number of ether oxygens (including phenoxy) is 2. The second-order valence-corrected chi connectivity index (χ2v) is 6.10. The molecule has 0 heterocycles. The Bertz CT molecular complexity index is 660. The van der Waals surface area contributed by atoms with Crippen LogP contribution in [0.4, 0.5) is 4.39 Å². The molecular weight excluding hydrogens is 317 g/mol. The summed E-state index contributed by atoms with van der Waals surface area (Å²) >= 11 is 0. The number of hydrogen-bond donors (Lipinski definition) is 1. The van der Waals surface area contributed by atoms with Crippen LogP contribution in [0.5, 0.6) is 11.5 Å². The van der Waals surface area contributed by atoms with Gasteiger partial charge in [-0.3, -0.25) is 0 Å². The van der Waals surface area contributed by atoms with Crippen LogP contribution < -0.4 is 15.2 Å². The Kier molecular flexibility index (Phi) is 7.74. The summed E-state index contributed by atoms with van der Waals surface area (Å²) in [5, 5.41) is 0. The minimum atomic E-state index is -0.270. The van der Waals surface area contributed by atoms with Gasteiger partial charge in [0, 0.05) is 11.5 Å². The maximum atomic E-state index is 13.7. The van der Waals surface area contributed by atoms with Crippen molar-refractivity contribution in [1.29, 1.82) is 0 Å². The van der Waals surface area contributed by atoms with Gasteiger partial charge in [0.1, 0.15) is 17.3 Å². The van der Waals surface area contributed by atoms with Gasteiger partial charge >= 0.3 is 0 Å². The van der Waals surface area contributed by atoms with Crippen LogP contribution in [0.3, 0.4) is 0 Å². The highest BCUT2D eigenvalue weighted by Gasteiger charge is 2.17. The van der Waals surface area contributed by atoms with Crippen LogP contribution in [0, 0.1) is 5.82 Å². The molecule has 3 nitrogen and oxygen atoms in total. The number of nitrogens with two attached hydrogens (primary N) is 1. The number of benzene rings is 2. The van der Waals surface area contributed by atoms with Gasteiger partial charge in [-0.05, 0) is 62.2 Å². The van der Waals surface area contributed by atoms with E-state index in [9.17, 15) is 4.39 Å². The molecule has 0 fully saturated rings. The number of hydrogen-bond acceptors (Lipinski definition) is 3. The monoisotopic (exact) mass is 345 g/mol. The van der Waals surface area contributed by atoms with E-state index in [0.717, 1.165) is 36.3 Å². The van der Waals surface area contributed by atoms with Crippen molar-refractivity contribution in [2.75, 3.05) is 19.8 Å². The lowest BCUT2D eigenvalue weighted by Gasteiger charge is -2.19. The molecular formula is C21H28FNO2. The van der Waals surface area contributed by atoms with Crippen molar-refractivity contribution in [3.05, 3.63) is 59.4 Å². The normalized spacial score (nSPS) is 12.0. The second-order valence-electron chi connectivity index (χ2n) is 6.10. The second kappa shape index (κ2) is 10.0. The first kappa shape index (κ1) is 19.3.